The van der Waals surface area contributed by atoms with E-state index in [4.69, 9.17) is 20.9 Å². The number of aromatic nitrogens is 2. The summed E-state index contributed by atoms with van der Waals surface area (Å²) in [5, 5.41) is 11.3. The van der Waals surface area contributed by atoms with Gasteiger partial charge in [0.25, 0.3) is 0 Å². The van der Waals surface area contributed by atoms with Crippen molar-refractivity contribution in [2.75, 3.05) is 7.05 Å². The molecule has 8 heteroatoms. The van der Waals surface area contributed by atoms with Crippen molar-refractivity contribution in [2.24, 2.45) is 4.99 Å². The highest BCUT2D eigenvalue weighted by Gasteiger charge is 2.41. The molecule has 0 spiro atoms. The Morgan fingerprint density at radius 1 is 1.32 bits per heavy atom. The van der Waals surface area contributed by atoms with E-state index in [1.807, 2.05) is 12.1 Å². The Hall–Kier alpha value is -2.12. The van der Waals surface area contributed by atoms with Crippen LogP contribution in [0.15, 0.2) is 33.8 Å². The average molecular weight is 362 g/mol. The standard InChI is InChI=1S/C17H20ClN5O2/c1-19-17(21-13-8-12-6-7-14(13)24-12)20-9-15-22-16(23-25-15)10-2-4-11(18)5-3-10/h2-5,12-14H,6-9H2,1H3,(H2,19,20,21). The number of guanidine groups is 1. The number of hydrogen-bond acceptors (Lipinski definition) is 5. The summed E-state index contributed by atoms with van der Waals surface area (Å²) in [4.78, 5) is 8.65. The second-order valence-corrected chi connectivity index (χ2v) is 6.74. The molecule has 0 amide bonds. The van der Waals surface area contributed by atoms with Gasteiger partial charge in [-0.2, -0.15) is 4.98 Å². The third-order valence-corrected chi connectivity index (χ3v) is 4.88. The lowest BCUT2D eigenvalue weighted by molar-refractivity contribution is 0.0992. The van der Waals surface area contributed by atoms with Crippen LogP contribution in [-0.4, -0.2) is 41.4 Å². The molecule has 2 aliphatic heterocycles. The highest BCUT2D eigenvalue weighted by atomic mass is 35.5. The van der Waals surface area contributed by atoms with Gasteiger partial charge in [0.2, 0.25) is 11.7 Å². The van der Waals surface area contributed by atoms with Gasteiger partial charge >= 0.3 is 0 Å². The molecule has 0 saturated carbocycles. The molecular formula is C17H20ClN5O2. The van der Waals surface area contributed by atoms with Gasteiger partial charge < -0.3 is 19.9 Å². The van der Waals surface area contributed by atoms with Crippen LogP contribution in [0.25, 0.3) is 11.4 Å². The van der Waals surface area contributed by atoms with E-state index in [9.17, 15) is 0 Å². The van der Waals surface area contributed by atoms with Crippen molar-refractivity contribution in [1.82, 2.24) is 20.8 Å². The Kier molecular flexibility index (Phi) is 4.59. The van der Waals surface area contributed by atoms with Gasteiger partial charge in [0.1, 0.15) is 0 Å². The molecule has 25 heavy (non-hydrogen) atoms. The van der Waals surface area contributed by atoms with Crippen molar-refractivity contribution in [3.8, 4) is 11.4 Å². The maximum absolute atomic E-state index is 5.89. The summed E-state index contributed by atoms with van der Waals surface area (Å²) in [5.74, 6) is 1.75. The van der Waals surface area contributed by atoms with Crippen molar-refractivity contribution in [1.29, 1.82) is 0 Å². The quantitative estimate of drug-likeness (QED) is 0.642. The van der Waals surface area contributed by atoms with Crippen LogP contribution in [-0.2, 0) is 11.3 Å². The topological polar surface area (TPSA) is 84.6 Å². The lowest BCUT2D eigenvalue weighted by atomic mass is 9.96. The molecule has 0 radical (unpaired) electrons. The Balaban J connectivity index is 1.33. The molecule has 4 rings (SSSR count). The summed E-state index contributed by atoms with van der Waals surface area (Å²) in [5.41, 5.74) is 0.862. The van der Waals surface area contributed by atoms with E-state index in [2.05, 4.69) is 25.8 Å². The number of rotatable bonds is 4. The minimum Gasteiger partial charge on any atom is -0.373 e. The molecule has 7 nitrogen and oxygen atoms in total. The summed E-state index contributed by atoms with van der Waals surface area (Å²) in [6, 6.07) is 7.64. The van der Waals surface area contributed by atoms with E-state index in [0.717, 1.165) is 18.4 Å². The lowest BCUT2D eigenvalue weighted by Crippen LogP contribution is -2.47. The third-order valence-electron chi connectivity index (χ3n) is 4.63. The number of nitrogens with zero attached hydrogens (tertiary/aromatic N) is 3. The zero-order chi connectivity index (χ0) is 17.2. The van der Waals surface area contributed by atoms with Gasteiger partial charge in [0, 0.05) is 17.6 Å². The van der Waals surface area contributed by atoms with Crippen molar-refractivity contribution in [2.45, 2.75) is 44.1 Å². The highest BCUT2D eigenvalue weighted by Crippen LogP contribution is 2.34. The fraction of sp³-hybridized carbons (Fsp3) is 0.471. The van der Waals surface area contributed by atoms with Crippen molar-refractivity contribution in [3.63, 3.8) is 0 Å². The third kappa shape index (κ3) is 3.62. The molecule has 2 aromatic rings. The second kappa shape index (κ2) is 7.01. The number of halogens is 1. The largest absolute Gasteiger partial charge is 0.373 e. The van der Waals surface area contributed by atoms with E-state index in [1.54, 1.807) is 19.2 Å². The molecule has 132 valence electrons. The fourth-order valence-electron chi connectivity index (χ4n) is 3.36. The SMILES string of the molecule is CN=C(NCc1nc(-c2ccc(Cl)cc2)no1)NC1CC2CCC1O2. The van der Waals surface area contributed by atoms with Gasteiger partial charge in [-0.25, -0.2) is 0 Å². The second-order valence-electron chi connectivity index (χ2n) is 6.30. The predicted octanol–water partition coefficient (Wildman–Crippen LogP) is 2.37. The molecule has 0 aliphatic carbocycles. The fourth-order valence-corrected chi connectivity index (χ4v) is 3.49. The Morgan fingerprint density at radius 3 is 2.84 bits per heavy atom. The summed E-state index contributed by atoms with van der Waals surface area (Å²) >= 11 is 5.89. The van der Waals surface area contributed by atoms with Gasteiger partial charge in [0.05, 0.1) is 24.8 Å². The minimum atomic E-state index is 0.295. The van der Waals surface area contributed by atoms with E-state index < -0.39 is 0 Å². The number of ether oxygens (including phenoxy) is 1. The number of hydrogen-bond donors (Lipinski definition) is 2. The molecule has 2 saturated heterocycles. The Labute approximate surface area is 150 Å². The van der Waals surface area contributed by atoms with E-state index in [0.29, 0.717) is 47.5 Å². The van der Waals surface area contributed by atoms with Gasteiger partial charge in [-0.1, -0.05) is 16.8 Å². The smallest absolute Gasteiger partial charge is 0.246 e. The summed E-state index contributed by atoms with van der Waals surface area (Å²) in [6.45, 7) is 0.405. The van der Waals surface area contributed by atoms with Gasteiger partial charge in [-0.05, 0) is 43.5 Å². The van der Waals surface area contributed by atoms with Crippen molar-refractivity contribution in [3.05, 3.63) is 35.2 Å². The first-order valence-electron chi connectivity index (χ1n) is 8.42. The maximum Gasteiger partial charge on any atom is 0.246 e. The van der Waals surface area contributed by atoms with E-state index >= 15 is 0 Å². The first-order valence-corrected chi connectivity index (χ1v) is 8.80. The average Bonchev–Trinajstić information content (AvgIpc) is 3.36. The first kappa shape index (κ1) is 16.4. The normalized spacial score (nSPS) is 25.4. The molecule has 2 N–H and O–H groups in total. The van der Waals surface area contributed by atoms with Crippen LogP contribution in [0.4, 0.5) is 0 Å². The van der Waals surface area contributed by atoms with E-state index in [1.165, 1.54) is 6.42 Å². The van der Waals surface area contributed by atoms with Crippen molar-refractivity contribution < 1.29 is 9.26 Å². The summed E-state index contributed by atoms with van der Waals surface area (Å²) < 4.78 is 11.2. The molecule has 3 atom stereocenters. The molecule has 2 bridgehead atoms. The monoisotopic (exact) mass is 361 g/mol. The van der Waals surface area contributed by atoms with Crippen LogP contribution in [0, 0.1) is 0 Å². The van der Waals surface area contributed by atoms with Crippen LogP contribution < -0.4 is 10.6 Å². The van der Waals surface area contributed by atoms with Gasteiger partial charge in [0.15, 0.2) is 5.96 Å². The van der Waals surface area contributed by atoms with Gasteiger partial charge in [-0.15, -0.1) is 0 Å². The molecule has 1 aromatic heterocycles. The zero-order valence-corrected chi connectivity index (χ0v) is 14.7. The van der Waals surface area contributed by atoms with Crippen molar-refractivity contribution >= 4 is 17.6 Å². The first-order chi connectivity index (χ1) is 12.2. The zero-order valence-electron chi connectivity index (χ0n) is 13.9. The van der Waals surface area contributed by atoms with Gasteiger partial charge in [-0.3, -0.25) is 4.99 Å². The van der Waals surface area contributed by atoms with Crippen LogP contribution >= 0.6 is 11.6 Å². The minimum absolute atomic E-state index is 0.295. The molecule has 3 heterocycles. The lowest BCUT2D eigenvalue weighted by Gasteiger charge is -2.22. The number of fused-ring (bicyclic) bond motifs is 2. The number of nitrogens with one attached hydrogen (secondary N) is 2. The molecule has 3 unspecified atom stereocenters. The molecule has 1 aromatic carbocycles. The Morgan fingerprint density at radius 2 is 2.16 bits per heavy atom. The maximum atomic E-state index is 5.89. The Bertz CT molecular complexity index is 761. The number of aliphatic imine (C=N–C) groups is 1. The highest BCUT2D eigenvalue weighted by molar-refractivity contribution is 6.30. The number of benzene rings is 1. The summed E-state index contributed by atoms with van der Waals surface area (Å²) in [6.07, 6.45) is 4.02. The van der Waals surface area contributed by atoms with Crippen LogP contribution in [0.2, 0.25) is 5.02 Å². The molecule has 2 aliphatic rings. The predicted molar refractivity (Wildman–Crippen MR) is 94.4 cm³/mol. The van der Waals surface area contributed by atoms with Crippen LogP contribution in [0.1, 0.15) is 25.2 Å². The molecule has 2 fully saturated rings. The van der Waals surface area contributed by atoms with Crippen LogP contribution in [0.5, 0.6) is 0 Å². The molecular weight excluding hydrogens is 342 g/mol. The van der Waals surface area contributed by atoms with E-state index in [-0.39, 0.29) is 0 Å². The summed E-state index contributed by atoms with van der Waals surface area (Å²) in [7, 11) is 1.75. The van der Waals surface area contributed by atoms with Crippen LogP contribution in [0.3, 0.4) is 0 Å².